The predicted molar refractivity (Wildman–Crippen MR) is 133 cm³/mol. The fraction of sp³-hybridized carbons (Fsp3) is 0.107. The van der Waals surface area contributed by atoms with Crippen LogP contribution in [0.3, 0.4) is 0 Å². The summed E-state index contributed by atoms with van der Waals surface area (Å²) < 4.78 is 40.0. The Labute approximate surface area is 200 Å². The van der Waals surface area contributed by atoms with Gasteiger partial charge in [0, 0.05) is 34.6 Å². The van der Waals surface area contributed by atoms with E-state index in [1.54, 1.807) is 10.9 Å². The quantitative estimate of drug-likeness (QED) is 0.265. The van der Waals surface area contributed by atoms with Gasteiger partial charge in [0.25, 0.3) is 0 Å². The van der Waals surface area contributed by atoms with Crippen molar-refractivity contribution >= 4 is 22.3 Å². The summed E-state index contributed by atoms with van der Waals surface area (Å²) in [4.78, 5) is 3.28. The zero-order valence-electron chi connectivity index (χ0n) is 18.8. The molecule has 0 spiro atoms. The van der Waals surface area contributed by atoms with Crippen LogP contribution in [0.15, 0.2) is 98.0 Å². The van der Waals surface area contributed by atoms with E-state index in [4.69, 9.17) is 0 Å². The molecule has 0 bridgehead atoms. The molecule has 0 amide bonds. The van der Waals surface area contributed by atoms with Crippen molar-refractivity contribution in [2.24, 2.45) is 0 Å². The Hall–Kier alpha value is -4.26. The highest BCUT2D eigenvalue weighted by Gasteiger charge is 2.29. The molecule has 2 heterocycles. The lowest BCUT2D eigenvalue weighted by Crippen LogP contribution is -2.05. The van der Waals surface area contributed by atoms with Crippen LogP contribution in [0.2, 0.25) is 0 Å². The predicted octanol–water partition coefficient (Wildman–Crippen LogP) is 7.11. The molecule has 0 saturated carbocycles. The van der Waals surface area contributed by atoms with Gasteiger partial charge in [-0.3, -0.25) is 4.68 Å². The summed E-state index contributed by atoms with van der Waals surface area (Å²) >= 11 is 0. The summed E-state index contributed by atoms with van der Waals surface area (Å²) in [6.45, 7) is 4.51. The minimum Gasteiger partial charge on any atom is -0.359 e. The monoisotopic (exact) mass is 472 g/mol. The van der Waals surface area contributed by atoms with Crippen molar-refractivity contribution in [2.75, 3.05) is 5.32 Å². The van der Waals surface area contributed by atoms with Gasteiger partial charge in [0.05, 0.1) is 24.0 Å². The Bertz CT molecular complexity index is 1460. The Morgan fingerprint density at radius 1 is 0.943 bits per heavy atom. The molecule has 0 radical (unpaired) electrons. The van der Waals surface area contributed by atoms with Crippen LogP contribution < -0.4 is 5.32 Å². The van der Waals surface area contributed by atoms with Gasteiger partial charge in [-0.1, -0.05) is 55.1 Å². The molecule has 0 aliphatic carbocycles. The number of rotatable bonds is 7. The average Bonchev–Trinajstić information content (AvgIpc) is 3.47. The highest BCUT2D eigenvalue weighted by molar-refractivity contribution is 5.96. The van der Waals surface area contributed by atoms with Gasteiger partial charge in [-0.2, -0.15) is 18.3 Å². The van der Waals surface area contributed by atoms with Gasteiger partial charge >= 0.3 is 6.18 Å². The standard InChI is InChI=1S/C28H23F3N4/c1-19(23-15-33-35(18-23)17-21-7-10-24(11-8-21)28(29,30)31)34-27-16-32-26-12-9-22(14-25(26)27)13-20-5-3-2-4-6-20/h2-12,14-16,18,32,34H,1,13,17H2. The Morgan fingerprint density at radius 2 is 1.69 bits per heavy atom. The van der Waals surface area contributed by atoms with Crippen LogP contribution in [0.5, 0.6) is 0 Å². The number of nitrogens with zero attached hydrogens (tertiary/aromatic N) is 2. The van der Waals surface area contributed by atoms with Gasteiger partial charge in [0.15, 0.2) is 0 Å². The topological polar surface area (TPSA) is 45.6 Å². The van der Waals surface area contributed by atoms with Gasteiger partial charge in [-0.25, -0.2) is 0 Å². The molecule has 176 valence electrons. The van der Waals surface area contributed by atoms with Gasteiger partial charge in [-0.05, 0) is 47.4 Å². The number of aromatic nitrogens is 3. The Morgan fingerprint density at radius 3 is 2.43 bits per heavy atom. The first-order chi connectivity index (χ1) is 16.8. The van der Waals surface area contributed by atoms with Gasteiger partial charge in [0.1, 0.15) is 0 Å². The van der Waals surface area contributed by atoms with Crippen LogP contribution in [0.4, 0.5) is 18.9 Å². The highest BCUT2D eigenvalue weighted by Crippen LogP contribution is 2.30. The van der Waals surface area contributed by atoms with Gasteiger partial charge in [-0.15, -0.1) is 0 Å². The molecule has 4 nitrogen and oxygen atoms in total. The van der Waals surface area contributed by atoms with Crippen molar-refractivity contribution in [3.05, 3.63) is 126 Å². The number of anilines is 1. The van der Waals surface area contributed by atoms with E-state index in [1.807, 2.05) is 30.6 Å². The number of H-pyrrole nitrogens is 1. The minimum absolute atomic E-state index is 0.362. The second kappa shape index (κ2) is 9.18. The molecule has 2 N–H and O–H groups in total. The van der Waals surface area contributed by atoms with E-state index < -0.39 is 11.7 Å². The third-order valence-corrected chi connectivity index (χ3v) is 5.89. The van der Waals surface area contributed by atoms with Crippen LogP contribution in [-0.4, -0.2) is 14.8 Å². The number of fused-ring (bicyclic) bond motifs is 1. The van der Waals surface area contributed by atoms with Crippen LogP contribution >= 0.6 is 0 Å². The molecule has 2 aromatic heterocycles. The highest BCUT2D eigenvalue weighted by atomic mass is 19.4. The van der Waals surface area contributed by atoms with Crippen molar-refractivity contribution in [1.82, 2.24) is 14.8 Å². The maximum atomic E-state index is 12.8. The Kier molecular flexibility index (Phi) is 5.91. The van der Waals surface area contributed by atoms with Crippen molar-refractivity contribution < 1.29 is 13.2 Å². The molecule has 0 atom stereocenters. The molecule has 0 saturated heterocycles. The summed E-state index contributed by atoms with van der Waals surface area (Å²) in [7, 11) is 0. The van der Waals surface area contributed by atoms with Gasteiger partial charge in [0.2, 0.25) is 0 Å². The number of benzene rings is 3. The van der Waals surface area contributed by atoms with E-state index in [0.29, 0.717) is 12.2 Å². The van der Waals surface area contributed by atoms with Crippen molar-refractivity contribution in [2.45, 2.75) is 19.1 Å². The summed E-state index contributed by atoms with van der Waals surface area (Å²) in [5.41, 5.74) is 5.94. The minimum atomic E-state index is -4.34. The summed E-state index contributed by atoms with van der Waals surface area (Å²) in [6.07, 6.45) is 1.93. The van der Waals surface area contributed by atoms with Gasteiger partial charge < -0.3 is 10.3 Å². The average molecular weight is 473 g/mol. The molecule has 0 fully saturated rings. The van der Waals surface area contributed by atoms with Crippen molar-refractivity contribution in [3.63, 3.8) is 0 Å². The lowest BCUT2D eigenvalue weighted by molar-refractivity contribution is -0.137. The smallest absolute Gasteiger partial charge is 0.359 e. The van der Waals surface area contributed by atoms with Crippen molar-refractivity contribution in [3.8, 4) is 0 Å². The van der Waals surface area contributed by atoms with E-state index in [2.05, 4.69) is 52.3 Å². The van der Waals surface area contributed by atoms with Crippen molar-refractivity contribution in [1.29, 1.82) is 0 Å². The number of hydrogen-bond acceptors (Lipinski definition) is 2. The fourth-order valence-electron chi connectivity index (χ4n) is 4.04. The maximum Gasteiger partial charge on any atom is 0.416 e. The van der Waals surface area contributed by atoms with E-state index in [0.717, 1.165) is 46.3 Å². The van der Waals surface area contributed by atoms with E-state index in [1.165, 1.54) is 23.3 Å². The van der Waals surface area contributed by atoms with Crippen LogP contribution in [0, 0.1) is 0 Å². The first-order valence-corrected chi connectivity index (χ1v) is 11.1. The second-order valence-electron chi connectivity index (χ2n) is 8.47. The first-order valence-electron chi connectivity index (χ1n) is 11.1. The van der Waals surface area contributed by atoms with E-state index >= 15 is 0 Å². The van der Waals surface area contributed by atoms with E-state index in [9.17, 15) is 13.2 Å². The summed E-state index contributed by atoms with van der Waals surface area (Å²) in [5.74, 6) is 0. The third-order valence-electron chi connectivity index (χ3n) is 5.89. The molecule has 7 heteroatoms. The molecule has 5 rings (SSSR count). The van der Waals surface area contributed by atoms with Crippen LogP contribution in [0.1, 0.15) is 27.8 Å². The lowest BCUT2D eigenvalue weighted by atomic mass is 10.0. The number of hydrogen-bond donors (Lipinski definition) is 2. The normalized spacial score (nSPS) is 11.6. The second-order valence-corrected chi connectivity index (χ2v) is 8.47. The molecule has 0 aliphatic rings. The molecule has 35 heavy (non-hydrogen) atoms. The maximum absolute atomic E-state index is 12.8. The zero-order chi connectivity index (χ0) is 24.4. The number of alkyl halides is 3. The lowest BCUT2D eigenvalue weighted by Gasteiger charge is -2.08. The first kappa shape index (κ1) is 22.5. The number of aromatic amines is 1. The largest absolute Gasteiger partial charge is 0.416 e. The summed E-state index contributed by atoms with van der Waals surface area (Å²) in [5, 5.41) is 8.78. The SMILES string of the molecule is C=C(Nc1c[nH]c2ccc(Cc3ccccc3)cc12)c1cnn(Cc2ccc(C(F)(F)F)cc2)c1. The van der Waals surface area contributed by atoms with Crippen LogP contribution in [-0.2, 0) is 19.1 Å². The van der Waals surface area contributed by atoms with E-state index in [-0.39, 0.29) is 0 Å². The fourth-order valence-corrected chi connectivity index (χ4v) is 4.04. The van der Waals surface area contributed by atoms with Crippen LogP contribution in [0.25, 0.3) is 16.6 Å². The third kappa shape index (κ3) is 5.14. The number of halogens is 3. The molecular weight excluding hydrogens is 449 g/mol. The Balaban J connectivity index is 1.28. The number of nitrogens with one attached hydrogen (secondary N) is 2. The zero-order valence-corrected chi connectivity index (χ0v) is 18.8. The molecular formula is C28H23F3N4. The molecule has 3 aromatic carbocycles. The molecule has 0 aliphatic heterocycles. The molecule has 5 aromatic rings. The summed E-state index contributed by atoms with van der Waals surface area (Å²) in [6, 6.07) is 21.8. The molecule has 0 unspecified atom stereocenters.